The Balaban J connectivity index is 1.67. The number of anilines is 1. The summed E-state index contributed by atoms with van der Waals surface area (Å²) in [5.74, 6) is -0.0297. The first-order chi connectivity index (χ1) is 11.6. The zero-order chi connectivity index (χ0) is 17.1. The maximum Gasteiger partial charge on any atom is 0.315 e. The summed E-state index contributed by atoms with van der Waals surface area (Å²) in [5, 5.41) is 5.54. The number of nitrogens with one attached hydrogen (secondary N) is 2. The molecule has 1 aromatic carbocycles. The van der Waals surface area contributed by atoms with Crippen molar-refractivity contribution in [1.82, 2.24) is 15.5 Å². The van der Waals surface area contributed by atoms with E-state index in [0.29, 0.717) is 12.6 Å². The highest BCUT2D eigenvalue weighted by atomic mass is 16.2. The van der Waals surface area contributed by atoms with Crippen LogP contribution in [0.3, 0.4) is 0 Å². The van der Waals surface area contributed by atoms with Crippen molar-refractivity contribution < 1.29 is 9.59 Å². The van der Waals surface area contributed by atoms with Crippen LogP contribution >= 0.6 is 0 Å². The largest absolute Gasteiger partial charge is 0.372 e. The molecule has 0 radical (unpaired) electrons. The van der Waals surface area contributed by atoms with E-state index in [2.05, 4.69) is 41.6 Å². The lowest BCUT2D eigenvalue weighted by atomic mass is 10.1. The number of carbonyl (C=O) groups is 2. The normalized spacial score (nSPS) is 20.2. The highest BCUT2D eigenvalue weighted by Gasteiger charge is 2.29. The van der Waals surface area contributed by atoms with Gasteiger partial charge in [0.05, 0.1) is 6.54 Å². The van der Waals surface area contributed by atoms with Crippen molar-refractivity contribution in [1.29, 1.82) is 0 Å². The van der Waals surface area contributed by atoms with Gasteiger partial charge in [-0.05, 0) is 30.9 Å². The predicted octanol–water partition coefficient (Wildman–Crippen LogP) is 1.71. The first-order valence-electron chi connectivity index (χ1n) is 8.71. The fourth-order valence-electron chi connectivity index (χ4n) is 3.21. The van der Waals surface area contributed by atoms with Crippen LogP contribution < -0.4 is 15.5 Å². The van der Waals surface area contributed by atoms with Gasteiger partial charge in [0.25, 0.3) is 0 Å². The smallest absolute Gasteiger partial charge is 0.315 e. The molecule has 1 aliphatic carbocycles. The Labute approximate surface area is 143 Å². The molecule has 24 heavy (non-hydrogen) atoms. The Kier molecular flexibility index (Phi) is 4.92. The van der Waals surface area contributed by atoms with Gasteiger partial charge in [0.2, 0.25) is 5.91 Å². The minimum atomic E-state index is -0.244. The van der Waals surface area contributed by atoms with Crippen LogP contribution in [0.5, 0.6) is 0 Å². The van der Waals surface area contributed by atoms with Crippen molar-refractivity contribution in [3.63, 3.8) is 0 Å². The average Bonchev–Trinajstić information content (AvgIpc) is 3.40. The molecular formula is C18H26N4O2. The van der Waals surface area contributed by atoms with Gasteiger partial charge in [0.1, 0.15) is 0 Å². The molecule has 0 aromatic heterocycles. The molecule has 1 heterocycles. The Morgan fingerprint density at radius 3 is 2.71 bits per heavy atom. The molecule has 1 aromatic rings. The van der Waals surface area contributed by atoms with Crippen LogP contribution in [0.4, 0.5) is 10.5 Å². The zero-order valence-corrected chi connectivity index (χ0v) is 14.4. The monoisotopic (exact) mass is 330 g/mol. The molecule has 0 unspecified atom stereocenters. The minimum Gasteiger partial charge on any atom is -0.372 e. The van der Waals surface area contributed by atoms with Gasteiger partial charge in [-0.1, -0.05) is 25.1 Å². The number of rotatable bonds is 4. The summed E-state index contributed by atoms with van der Waals surface area (Å²) < 4.78 is 0. The van der Waals surface area contributed by atoms with E-state index < -0.39 is 0 Å². The summed E-state index contributed by atoms with van der Waals surface area (Å²) in [4.78, 5) is 28.6. The Morgan fingerprint density at radius 1 is 1.25 bits per heavy atom. The van der Waals surface area contributed by atoms with Crippen molar-refractivity contribution >= 4 is 17.6 Å². The first-order valence-corrected chi connectivity index (χ1v) is 8.71. The number of carbonyl (C=O) groups excluding carboxylic acids is 2. The van der Waals surface area contributed by atoms with E-state index in [0.717, 1.165) is 31.4 Å². The fourth-order valence-corrected chi connectivity index (χ4v) is 3.21. The third kappa shape index (κ3) is 3.80. The summed E-state index contributed by atoms with van der Waals surface area (Å²) in [6.45, 7) is 3.53. The summed E-state index contributed by atoms with van der Waals surface area (Å²) >= 11 is 0. The summed E-state index contributed by atoms with van der Waals surface area (Å²) in [6.07, 6.45) is 2.96. The van der Waals surface area contributed by atoms with E-state index in [1.54, 1.807) is 0 Å². The van der Waals surface area contributed by atoms with Crippen LogP contribution in [0.25, 0.3) is 0 Å². The molecule has 1 saturated carbocycles. The van der Waals surface area contributed by atoms with E-state index in [4.69, 9.17) is 0 Å². The second-order valence-electron chi connectivity index (χ2n) is 6.69. The summed E-state index contributed by atoms with van der Waals surface area (Å²) in [5.41, 5.74) is 2.32. The van der Waals surface area contributed by atoms with Crippen LogP contribution in [0.15, 0.2) is 24.3 Å². The van der Waals surface area contributed by atoms with Crippen LogP contribution in [0.2, 0.25) is 0 Å². The second kappa shape index (κ2) is 7.11. The van der Waals surface area contributed by atoms with E-state index in [1.807, 2.05) is 17.0 Å². The van der Waals surface area contributed by atoms with Crippen LogP contribution in [0, 0.1) is 0 Å². The van der Waals surface area contributed by atoms with Crippen LogP contribution in [-0.2, 0) is 11.3 Å². The molecule has 0 spiro atoms. The number of fused-ring (bicyclic) bond motifs is 1. The third-order valence-corrected chi connectivity index (χ3v) is 4.77. The number of benzene rings is 1. The summed E-state index contributed by atoms with van der Waals surface area (Å²) in [6, 6.07) is 8.38. The van der Waals surface area contributed by atoms with E-state index in [-0.39, 0.29) is 24.5 Å². The number of amides is 3. The average molecular weight is 330 g/mol. The van der Waals surface area contributed by atoms with Gasteiger partial charge >= 0.3 is 6.03 Å². The first kappa shape index (κ1) is 16.6. The van der Waals surface area contributed by atoms with Gasteiger partial charge in [-0.25, -0.2) is 4.79 Å². The number of urea groups is 1. The van der Waals surface area contributed by atoms with E-state index in [1.165, 1.54) is 5.69 Å². The van der Waals surface area contributed by atoms with Gasteiger partial charge in [-0.15, -0.1) is 0 Å². The molecule has 0 saturated heterocycles. The van der Waals surface area contributed by atoms with E-state index >= 15 is 0 Å². The molecule has 3 amide bonds. The molecule has 6 heteroatoms. The van der Waals surface area contributed by atoms with Gasteiger partial charge < -0.3 is 20.4 Å². The van der Waals surface area contributed by atoms with Crippen molar-refractivity contribution in [3.8, 4) is 0 Å². The van der Waals surface area contributed by atoms with Gasteiger partial charge in [0, 0.05) is 37.9 Å². The predicted molar refractivity (Wildman–Crippen MR) is 93.9 cm³/mol. The van der Waals surface area contributed by atoms with Crippen LogP contribution in [-0.4, -0.2) is 49.1 Å². The van der Waals surface area contributed by atoms with Crippen molar-refractivity contribution in [2.75, 3.05) is 25.0 Å². The highest BCUT2D eigenvalue weighted by Crippen LogP contribution is 2.27. The van der Waals surface area contributed by atoms with Gasteiger partial charge in [-0.3, -0.25) is 4.79 Å². The number of hydrogen-bond donors (Lipinski definition) is 2. The SMILES string of the molecule is CC[C@@H]1CN(C)c2ccccc2CN1C(=O)CNC(=O)NC1CC1. The van der Waals surface area contributed by atoms with Crippen molar-refractivity contribution in [3.05, 3.63) is 29.8 Å². The molecule has 1 aliphatic heterocycles. The lowest BCUT2D eigenvalue weighted by Gasteiger charge is -2.30. The third-order valence-electron chi connectivity index (χ3n) is 4.77. The Bertz CT molecular complexity index is 615. The Hall–Kier alpha value is -2.24. The second-order valence-corrected chi connectivity index (χ2v) is 6.69. The van der Waals surface area contributed by atoms with E-state index in [9.17, 15) is 9.59 Å². The Morgan fingerprint density at radius 2 is 2.00 bits per heavy atom. The molecular weight excluding hydrogens is 304 g/mol. The number of para-hydroxylation sites is 1. The molecule has 1 atom stereocenters. The molecule has 1 fully saturated rings. The maximum atomic E-state index is 12.7. The van der Waals surface area contributed by atoms with Crippen LogP contribution in [0.1, 0.15) is 31.7 Å². The number of hydrogen-bond acceptors (Lipinski definition) is 3. The maximum absolute atomic E-state index is 12.7. The molecule has 130 valence electrons. The summed E-state index contributed by atoms with van der Waals surface area (Å²) in [7, 11) is 2.07. The lowest BCUT2D eigenvalue weighted by molar-refractivity contribution is -0.132. The van der Waals surface area contributed by atoms with Gasteiger partial charge in [-0.2, -0.15) is 0 Å². The molecule has 2 N–H and O–H groups in total. The molecule has 3 rings (SSSR count). The fraction of sp³-hybridized carbons (Fsp3) is 0.556. The highest BCUT2D eigenvalue weighted by molar-refractivity contribution is 5.84. The minimum absolute atomic E-state index is 0.0297. The topological polar surface area (TPSA) is 64.7 Å². The standard InChI is InChI=1S/C18H26N4O2/c1-3-15-12-21(2)16-7-5-4-6-13(16)11-22(15)17(23)10-19-18(24)20-14-8-9-14/h4-7,14-15H,3,8-12H2,1-2H3,(H2,19,20,24)/t15-/m1/s1. The quantitative estimate of drug-likeness (QED) is 0.883. The van der Waals surface area contributed by atoms with Crippen molar-refractivity contribution in [2.24, 2.45) is 0 Å². The molecule has 0 bridgehead atoms. The van der Waals surface area contributed by atoms with Crippen molar-refractivity contribution in [2.45, 2.75) is 44.8 Å². The lowest BCUT2D eigenvalue weighted by Crippen LogP contribution is -2.49. The number of nitrogens with zero attached hydrogens (tertiary/aromatic N) is 2. The number of likely N-dealkylation sites (N-methyl/N-ethyl adjacent to an activating group) is 1. The zero-order valence-electron chi connectivity index (χ0n) is 14.4. The molecule has 6 nitrogen and oxygen atoms in total. The van der Waals surface area contributed by atoms with Gasteiger partial charge in [0.15, 0.2) is 0 Å². The molecule has 2 aliphatic rings.